The summed E-state index contributed by atoms with van der Waals surface area (Å²) < 4.78 is 15.4. The Hall–Kier alpha value is -5.39. The van der Waals surface area contributed by atoms with Crippen molar-refractivity contribution in [2.24, 2.45) is 0 Å². The van der Waals surface area contributed by atoms with Crippen LogP contribution in [-0.4, -0.2) is 11.3 Å². The van der Waals surface area contributed by atoms with Crippen LogP contribution in [0.4, 0.5) is 17.1 Å². The van der Waals surface area contributed by atoms with Gasteiger partial charge in [0.05, 0.1) is 22.0 Å². The lowest BCUT2D eigenvalue weighted by Gasteiger charge is -2.41. The first kappa shape index (κ1) is 26.7. The highest BCUT2D eigenvalue weighted by Gasteiger charge is 2.43. The normalized spacial score (nSPS) is 13.8. The summed E-state index contributed by atoms with van der Waals surface area (Å²) in [4.78, 5) is 2.43. The number of halogens is 1. The van der Waals surface area contributed by atoms with Gasteiger partial charge in [-0.05, 0) is 69.8 Å². The third-order valence-electron chi connectivity index (χ3n) is 10.6. The summed E-state index contributed by atoms with van der Waals surface area (Å²) in [6, 6.07) is 41.1. The molecule has 3 aromatic heterocycles. The Morgan fingerprint density at radius 2 is 1.27 bits per heavy atom. The zero-order valence-corrected chi connectivity index (χ0v) is 27.4. The predicted molar refractivity (Wildman–Crippen MR) is 201 cm³/mol. The molecular weight excluding hydrogens is 611 g/mol. The Morgan fingerprint density at radius 3 is 2.08 bits per heavy atom. The van der Waals surface area contributed by atoms with E-state index in [1.165, 1.54) is 32.9 Å². The van der Waals surface area contributed by atoms with Crippen LogP contribution < -0.4 is 21.3 Å². The molecule has 2 aliphatic heterocycles. The van der Waals surface area contributed by atoms with Gasteiger partial charge in [-0.2, -0.15) is 0 Å². The smallest absolute Gasteiger partial charge is 0.252 e. The maximum absolute atomic E-state index is 7.18. The van der Waals surface area contributed by atoms with Gasteiger partial charge in [-0.1, -0.05) is 105 Å². The lowest BCUT2D eigenvalue weighted by atomic mass is 9.33. The molecule has 9 aromatic rings. The zero-order chi connectivity index (χ0) is 32.1. The molecule has 11 rings (SSSR count). The minimum Gasteiger partial charge on any atom is -0.456 e. The number of benzene rings is 6. The summed E-state index contributed by atoms with van der Waals surface area (Å²) in [7, 11) is 0. The van der Waals surface area contributed by atoms with E-state index in [0.717, 1.165) is 66.8 Å². The van der Waals surface area contributed by atoms with Gasteiger partial charge in [0.15, 0.2) is 0 Å². The Labute approximate surface area is 281 Å². The lowest BCUT2D eigenvalue weighted by Crippen LogP contribution is -2.60. The van der Waals surface area contributed by atoms with E-state index in [9.17, 15) is 0 Å². The molecule has 0 spiro atoms. The molecule has 228 valence electrons. The molecule has 6 heteroatoms. The molecule has 0 radical (unpaired) electrons. The average Bonchev–Trinajstić information content (AvgIpc) is 3.75. The highest BCUT2D eigenvalue weighted by Crippen LogP contribution is 2.47. The van der Waals surface area contributed by atoms with Gasteiger partial charge >= 0.3 is 0 Å². The molecule has 0 aliphatic carbocycles. The zero-order valence-electron chi connectivity index (χ0n) is 26.6. The fourth-order valence-electron chi connectivity index (χ4n) is 8.54. The van der Waals surface area contributed by atoms with Crippen LogP contribution in [0.2, 0.25) is 5.02 Å². The van der Waals surface area contributed by atoms with Crippen LogP contribution in [0.15, 0.2) is 124 Å². The van der Waals surface area contributed by atoms with E-state index < -0.39 is 0 Å². The molecule has 0 unspecified atom stereocenters. The molecule has 0 fully saturated rings. The molecule has 0 bridgehead atoms. The molecule has 0 N–H and O–H groups in total. The van der Waals surface area contributed by atoms with Crippen molar-refractivity contribution in [3.05, 3.63) is 126 Å². The fraction of sp³-hybridized carbons (Fsp3) is 0.0952. The van der Waals surface area contributed by atoms with E-state index in [1.54, 1.807) is 0 Å². The number of aromatic nitrogens is 1. The van der Waals surface area contributed by atoms with Crippen molar-refractivity contribution in [2.45, 2.75) is 26.2 Å². The predicted octanol–water partition coefficient (Wildman–Crippen LogP) is 9.99. The number of furan rings is 2. The third-order valence-corrected chi connectivity index (χ3v) is 10.8. The molecule has 0 saturated heterocycles. The third kappa shape index (κ3) is 3.27. The largest absolute Gasteiger partial charge is 0.456 e. The van der Waals surface area contributed by atoms with Gasteiger partial charge < -0.3 is 13.7 Å². The van der Waals surface area contributed by atoms with Gasteiger partial charge in [0.1, 0.15) is 16.7 Å². The number of rotatable bonds is 1. The maximum atomic E-state index is 7.18. The van der Waals surface area contributed by atoms with Crippen molar-refractivity contribution < 1.29 is 8.83 Å². The van der Waals surface area contributed by atoms with Gasteiger partial charge in [-0.3, -0.25) is 4.57 Å². The van der Waals surface area contributed by atoms with Crippen molar-refractivity contribution in [3.8, 4) is 5.69 Å². The topological polar surface area (TPSA) is 34.5 Å². The Bertz CT molecular complexity index is 2870. The van der Waals surface area contributed by atoms with Crippen LogP contribution in [0.5, 0.6) is 0 Å². The molecule has 48 heavy (non-hydrogen) atoms. The summed E-state index contributed by atoms with van der Waals surface area (Å²) in [5.74, 6) is 0. The first-order valence-electron chi connectivity index (χ1n) is 16.5. The SMILES string of the molecule is CC(C)(C)c1ccc2c(c1)N(c1cccc3oc4ccccc4c13)c1cc(Cl)cc3c1B2c1cccc2c4c5ccccc5oc4n-3c12. The second kappa shape index (κ2) is 8.94. The van der Waals surface area contributed by atoms with Crippen molar-refractivity contribution >= 4 is 107 Å². The minimum absolute atomic E-state index is 0.00861. The molecule has 6 aromatic carbocycles. The van der Waals surface area contributed by atoms with Crippen LogP contribution >= 0.6 is 11.6 Å². The van der Waals surface area contributed by atoms with E-state index in [0.29, 0.717) is 5.02 Å². The fourth-order valence-corrected chi connectivity index (χ4v) is 8.75. The van der Waals surface area contributed by atoms with E-state index >= 15 is 0 Å². The number of nitrogens with zero attached hydrogens (tertiary/aromatic N) is 2. The summed E-state index contributed by atoms with van der Waals surface area (Å²) in [6.07, 6.45) is 0. The van der Waals surface area contributed by atoms with Crippen LogP contribution in [0.25, 0.3) is 60.6 Å². The Balaban J connectivity index is 1.32. The van der Waals surface area contributed by atoms with Gasteiger partial charge in [-0.25, -0.2) is 0 Å². The second-order valence-corrected chi connectivity index (χ2v) is 14.7. The monoisotopic (exact) mass is 638 g/mol. The molecule has 0 amide bonds. The summed E-state index contributed by atoms with van der Waals surface area (Å²) in [5, 5.41) is 6.33. The molecular formula is C42H28BClN2O2. The number of fused-ring (bicyclic) bond motifs is 12. The van der Waals surface area contributed by atoms with Crippen molar-refractivity contribution in [3.63, 3.8) is 0 Å². The summed E-state index contributed by atoms with van der Waals surface area (Å²) in [6.45, 7) is 6.85. The number of anilines is 3. The van der Waals surface area contributed by atoms with E-state index in [4.69, 9.17) is 20.4 Å². The van der Waals surface area contributed by atoms with Crippen molar-refractivity contribution in [2.75, 3.05) is 4.90 Å². The number of para-hydroxylation sites is 3. The Morgan fingerprint density at radius 1 is 0.583 bits per heavy atom. The van der Waals surface area contributed by atoms with Crippen LogP contribution in [0, 0.1) is 0 Å². The van der Waals surface area contributed by atoms with Crippen LogP contribution in [0.1, 0.15) is 26.3 Å². The second-order valence-electron chi connectivity index (χ2n) is 14.3. The first-order chi connectivity index (χ1) is 23.4. The van der Waals surface area contributed by atoms with Crippen molar-refractivity contribution in [1.82, 2.24) is 4.57 Å². The number of hydrogen-bond donors (Lipinski definition) is 0. The maximum Gasteiger partial charge on any atom is 0.252 e. The molecule has 2 aliphatic rings. The molecule has 0 atom stereocenters. The number of hydrogen-bond acceptors (Lipinski definition) is 3. The lowest BCUT2D eigenvalue weighted by molar-refractivity contribution is 0.590. The molecule has 5 heterocycles. The van der Waals surface area contributed by atoms with Gasteiger partial charge in [0.2, 0.25) is 5.71 Å². The van der Waals surface area contributed by atoms with Crippen LogP contribution in [-0.2, 0) is 5.41 Å². The quantitative estimate of drug-likeness (QED) is 0.168. The first-order valence-corrected chi connectivity index (χ1v) is 16.9. The van der Waals surface area contributed by atoms with E-state index in [1.807, 2.05) is 18.2 Å². The summed E-state index contributed by atoms with van der Waals surface area (Å²) in [5.41, 5.74) is 14.0. The van der Waals surface area contributed by atoms with E-state index in [-0.39, 0.29) is 12.1 Å². The average molecular weight is 639 g/mol. The van der Waals surface area contributed by atoms with Crippen LogP contribution in [0.3, 0.4) is 0 Å². The van der Waals surface area contributed by atoms with Gasteiger partial charge in [0, 0.05) is 38.2 Å². The van der Waals surface area contributed by atoms with E-state index in [2.05, 4.69) is 127 Å². The van der Waals surface area contributed by atoms with Gasteiger partial charge in [0.25, 0.3) is 6.71 Å². The van der Waals surface area contributed by atoms with Crippen molar-refractivity contribution in [1.29, 1.82) is 0 Å². The summed E-state index contributed by atoms with van der Waals surface area (Å²) >= 11 is 7.18. The van der Waals surface area contributed by atoms with Gasteiger partial charge in [-0.15, -0.1) is 0 Å². The highest BCUT2D eigenvalue weighted by atomic mass is 35.5. The molecule has 4 nitrogen and oxygen atoms in total. The standard InChI is InChI=1S/C42H28BClN2O2/c1-42(2,3)23-18-19-28-31(20-23)45(30-14-9-17-36-38(30)26-11-5-6-15-34(26)47-36)32-21-24(44)22-33-39(32)43(28)29-13-8-12-27-37-25-10-4-7-16-35(25)48-41(37)46(33)40(27)29/h4-22H,1-3H3. The highest BCUT2D eigenvalue weighted by molar-refractivity contribution is 7.00. The minimum atomic E-state index is -0.0401. The molecule has 0 saturated carbocycles. The Kier molecular flexibility index (Phi) is 4.97.